The monoisotopic (exact) mass is 479 g/mol. The minimum absolute atomic E-state index is 0.110. The van der Waals surface area contributed by atoms with E-state index in [1.807, 2.05) is 60.7 Å². The van der Waals surface area contributed by atoms with Crippen molar-refractivity contribution in [1.82, 2.24) is 5.32 Å². The van der Waals surface area contributed by atoms with Gasteiger partial charge >= 0.3 is 0 Å². The number of hydrogen-bond acceptors (Lipinski definition) is 3. The highest BCUT2D eigenvalue weighted by Crippen LogP contribution is 2.33. The number of benzene rings is 2. The molecule has 1 aromatic heterocycles. The molecule has 0 saturated carbocycles. The third-order valence-corrected chi connectivity index (χ3v) is 6.98. The molecule has 0 spiro atoms. The van der Waals surface area contributed by atoms with Crippen molar-refractivity contribution in [3.05, 3.63) is 84.9 Å². The van der Waals surface area contributed by atoms with Crippen molar-refractivity contribution in [2.45, 2.75) is 6.04 Å². The summed E-state index contributed by atoms with van der Waals surface area (Å²) < 4.78 is 7.00. The molecule has 1 N–H and O–H groups in total. The van der Waals surface area contributed by atoms with E-state index in [2.05, 4.69) is 37.2 Å². The molecule has 0 aliphatic heterocycles. The minimum Gasteiger partial charge on any atom is -0.497 e. The maximum Gasteiger partial charge on any atom is 0.262 e. The Bertz CT molecular complexity index is 843. The van der Waals surface area contributed by atoms with Gasteiger partial charge in [-0.25, -0.2) is 0 Å². The molecule has 0 aliphatic carbocycles. The Kier molecular flexibility index (Phi) is 5.93. The number of nitrogens with one attached hydrogen (secondary N) is 1. The first-order chi connectivity index (χ1) is 12.1. The van der Waals surface area contributed by atoms with Crippen LogP contribution in [0.15, 0.2) is 68.9 Å². The van der Waals surface area contributed by atoms with Crippen molar-refractivity contribution < 1.29 is 9.53 Å². The largest absolute Gasteiger partial charge is 0.497 e. The van der Waals surface area contributed by atoms with Gasteiger partial charge in [-0.1, -0.05) is 42.5 Å². The van der Waals surface area contributed by atoms with E-state index in [1.54, 1.807) is 7.11 Å². The van der Waals surface area contributed by atoms with Crippen molar-refractivity contribution in [1.29, 1.82) is 0 Å². The number of amides is 1. The number of carbonyl (C=O) groups is 1. The summed E-state index contributed by atoms with van der Waals surface area (Å²) in [7, 11) is 1.64. The molecule has 3 nitrogen and oxygen atoms in total. The predicted octanol–water partition coefficient (Wildman–Crippen LogP) is 5.80. The van der Waals surface area contributed by atoms with Crippen molar-refractivity contribution in [2.75, 3.05) is 7.11 Å². The summed E-state index contributed by atoms with van der Waals surface area (Å²) in [5.74, 6) is 0.675. The Labute approximate surface area is 167 Å². The molecule has 2 aromatic carbocycles. The van der Waals surface area contributed by atoms with Crippen LogP contribution in [0.2, 0.25) is 0 Å². The zero-order valence-corrected chi connectivity index (χ0v) is 17.3. The summed E-state index contributed by atoms with van der Waals surface area (Å²) >= 11 is 8.26. The Hall–Kier alpha value is -1.63. The van der Waals surface area contributed by atoms with Crippen molar-refractivity contribution >= 4 is 49.1 Å². The predicted molar refractivity (Wildman–Crippen MR) is 108 cm³/mol. The zero-order chi connectivity index (χ0) is 17.8. The lowest BCUT2D eigenvalue weighted by Gasteiger charge is -2.20. The van der Waals surface area contributed by atoms with E-state index < -0.39 is 0 Å². The summed E-state index contributed by atoms with van der Waals surface area (Å²) in [5.41, 5.74) is 2.02. The van der Waals surface area contributed by atoms with Crippen LogP contribution < -0.4 is 10.1 Å². The summed E-state index contributed by atoms with van der Waals surface area (Å²) in [6.07, 6.45) is 0. The second kappa shape index (κ2) is 8.17. The lowest BCUT2D eigenvalue weighted by Crippen LogP contribution is -2.28. The Balaban J connectivity index is 1.92. The van der Waals surface area contributed by atoms with E-state index in [-0.39, 0.29) is 11.9 Å². The van der Waals surface area contributed by atoms with Crippen LogP contribution in [-0.2, 0) is 0 Å². The standard InChI is InChI=1S/C19H15Br2NO2S/c1-24-14-9-7-13(8-10-14)17(12-5-3-2-4-6-12)22-19(23)16-11-15(20)18(21)25-16/h2-11,17H,1H3,(H,22,23)/t17-/m1/s1. The van der Waals surface area contributed by atoms with Crippen molar-refractivity contribution in [3.8, 4) is 5.75 Å². The van der Waals surface area contributed by atoms with Crippen LogP contribution in [0, 0.1) is 0 Å². The Morgan fingerprint density at radius 1 is 1.04 bits per heavy atom. The molecule has 0 bridgehead atoms. The highest BCUT2D eigenvalue weighted by Gasteiger charge is 2.20. The van der Waals surface area contributed by atoms with Gasteiger partial charge in [0.25, 0.3) is 5.91 Å². The van der Waals surface area contributed by atoms with Gasteiger partial charge in [-0.15, -0.1) is 11.3 Å². The Morgan fingerprint density at radius 2 is 1.68 bits per heavy atom. The SMILES string of the molecule is COc1ccc([C@H](NC(=O)c2cc(Br)c(Br)s2)c2ccccc2)cc1. The minimum atomic E-state index is -0.237. The Morgan fingerprint density at radius 3 is 2.24 bits per heavy atom. The molecule has 0 saturated heterocycles. The number of methoxy groups -OCH3 is 1. The van der Waals surface area contributed by atoms with Crippen LogP contribution >= 0.6 is 43.2 Å². The average molecular weight is 481 g/mol. The van der Waals surface area contributed by atoms with Gasteiger partial charge in [0.1, 0.15) is 5.75 Å². The van der Waals surface area contributed by atoms with Gasteiger partial charge in [0.15, 0.2) is 0 Å². The number of carbonyl (C=O) groups excluding carboxylic acids is 1. The third-order valence-electron chi connectivity index (χ3n) is 3.73. The molecule has 0 unspecified atom stereocenters. The lowest BCUT2D eigenvalue weighted by atomic mass is 9.98. The fourth-order valence-electron chi connectivity index (χ4n) is 2.46. The first kappa shape index (κ1) is 18.2. The van der Waals surface area contributed by atoms with Crippen LogP contribution in [-0.4, -0.2) is 13.0 Å². The van der Waals surface area contributed by atoms with Crippen LogP contribution in [0.3, 0.4) is 0 Å². The van der Waals surface area contributed by atoms with Gasteiger partial charge in [-0.3, -0.25) is 4.79 Å². The number of hydrogen-bond donors (Lipinski definition) is 1. The molecule has 1 amide bonds. The smallest absolute Gasteiger partial charge is 0.262 e. The van der Waals surface area contributed by atoms with Gasteiger partial charge in [0, 0.05) is 4.47 Å². The van der Waals surface area contributed by atoms with Crippen LogP contribution in [0.1, 0.15) is 26.8 Å². The summed E-state index contributed by atoms with van der Waals surface area (Å²) in [6.45, 7) is 0. The van der Waals surface area contributed by atoms with Crippen LogP contribution in [0.25, 0.3) is 0 Å². The molecule has 0 radical (unpaired) electrons. The molecule has 0 fully saturated rings. The fourth-order valence-corrected chi connectivity index (χ4v) is 4.40. The molecular weight excluding hydrogens is 466 g/mol. The van der Waals surface area contributed by atoms with Gasteiger partial charge in [0.2, 0.25) is 0 Å². The molecule has 6 heteroatoms. The second-order valence-corrected chi connectivity index (χ2v) is 8.55. The molecule has 0 aliphatic rings. The molecule has 3 rings (SSSR count). The fraction of sp³-hybridized carbons (Fsp3) is 0.105. The van der Waals surface area contributed by atoms with Crippen LogP contribution in [0.4, 0.5) is 0 Å². The van der Waals surface area contributed by atoms with Gasteiger partial charge in [0.05, 0.1) is 21.8 Å². The van der Waals surface area contributed by atoms with E-state index in [0.29, 0.717) is 4.88 Å². The van der Waals surface area contributed by atoms with E-state index >= 15 is 0 Å². The number of ether oxygens (including phenoxy) is 1. The molecule has 1 atom stereocenters. The quantitative estimate of drug-likeness (QED) is 0.501. The number of thiophene rings is 1. The van der Waals surface area contributed by atoms with Gasteiger partial charge < -0.3 is 10.1 Å². The van der Waals surface area contributed by atoms with Crippen LogP contribution in [0.5, 0.6) is 5.75 Å². The zero-order valence-electron chi connectivity index (χ0n) is 13.3. The molecular formula is C19H15Br2NO2S. The van der Waals surface area contributed by atoms with Crippen molar-refractivity contribution in [3.63, 3.8) is 0 Å². The number of rotatable bonds is 5. The maximum absolute atomic E-state index is 12.7. The topological polar surface area (TPSA) is 38.3 Å². The van der Waals surface area contributed by atoms with E-state index in [9.17, 15) is 4.79 Å². The first-order valence-corrected chi connectivity index (χ1v) is 9.93. The summed E-state index contributed by atoms with van der Waals surface area (Å²) in [4.78, 5) is 13.4. The van der Waals surface area contributed by atoms with Gasteiger partial charge in [-0.2, -0.15) is 0 Å². The summed E-state index contributed by atoms with van der Waals surface area (Å²) in [5, 5.41) is 3.13. The molecule has 3 aromatic rings. The average Bonchev–Trinajstić information content (AvgIpc) is 2.99. The molecule has 1 heterocycles. The molecule has 25 heavy (non-hydrogen) atoms. The number of halogens is 2. The highest BCUT2D eigenvalue weighted by atomic mass is 79.9. The normalized spacial score (nSPS) is 11.8. The molecule has 128 valence electrons. The van der Waals surface area contributed by atoms with Gasteiger partial charge in [-0.05, 0) is 61.2 Å². The van der Waals surface area contributed by atoms with Crippen molar-refractivity contribution in [2.24, 2.45) is 0 Å². The third kappa shape index (κ3) is 4.32. The van der Waals surface area contributed by atoms with E-state index in [0.717, 1.165) is 25.1 Å². The van der Waals surface area contributed by atoms with E-state index in [4.69, 9.17) is 4.74 Å². The maximum atomic E-state index is 12.7. The summed E-state index contributed by atoms with van der Waals surface area (Å²) in [6, 6.07) is 19.2. The van der Waals surface area contributed by atoms with E-state index in [1.165, 1.54) is 11.3 Å². The first-order valence-electron chi connectivity index (χ1n) is 7.53. The lowest BCUT2D eigenvalue weighted by molar-refractivity contribution is 0.0947. The highest BCUT2D eigenvalue weighted by molar-refractivity contribution is 9.13. The second-order valence-electron chi connectivity index (χ2n) is 5.32.